The van der Waals surface area contributed by atoms with Crippen LogP contribution in [0.2, 0.25) is 5.02 Å². The van der Waals surface area contributed by atoms with Crippen molar-refractivity contribution in [3.05, 3.63) is 57.3 Å². The van der Waals surface area contributed by atoms with Crippen molar-refractivity contribution in [2.45, 2.75) is 6.18 Å². The second-order valence-electron chi connectivity index (χ2n) is 4.01. The first-order valence-corrected chi connectivity index (χ1v) is 6.74. The number of hydrogen-bond donors (Lipinski definition) is 1. The number of anilines is 1. The highest BCUT2D eigenvalue weighted by Gasteiger charge is 2.30. The SMILES string of the molecule is O=C(Nc1cc(Br)ccc1Cl)c1ccc(C(F)(F)F)cn1. The first-order chi connectivity index (χ1) is 9.77. The Hall–Kier alpha value is -1.60. The fraction of sp³-hybridized carbons (Fsp3) is 0.0769. The minimum absolute atomic E-state index is 0.140. The van der Waals surface area contributed by atoms with Gasteiger partial charge in [-0.15, -0.1) is 0 Å². The van der Waals surface area contributed by atoms with Crippen LogP contribution < -0.4 is 5.32 Å². The molecule has 1 aromatic carbocycles. The number of carbonyl (C=O) groups is 1. The molecule has 3 nitrogen and oxygen atoms in total. The second kappa shape index (κ2) is 6.03. The van der Waals surface area contributed by atoms with Gasteiger partial charge in [0.25, 0.3) is 5.91 Å². The maximum Gasteiger partial charge on any atom is 0.417 e. The van der Waals surface area contributed by atoms with Gasteiger partial charge in [-0.05, 0) is 30.3 Å². The normalized spacial score (nSPS) is 11.3. The van der Waals surface area contributed by atoms with Crippen LogP contribution in [-0.2, 0) is 6.18 Å². The minimum Gasteiger partial charge on any atom is -0.319 e. The topological polar surface area (TPSA) is 42.0 Å². The molecule has 110 valence electrons. The van der Waals surface area contributed by atoms with E-state index in [1.165, 1.54) is 0 Å². The Kier molecular flexibility index (Phi) is 4.53. The van der Waals surface area contributed by atoms with E-state index in [0.717, 1.165) is 12.1 Å². The number of carbonyl (C=O) groups excluding carboxylic acids is 1. The summed E-state index contributed by atoms with van der Waals surface area (Å²) >= 11 is 9.13. The van der Waals surface area contributed by atoms with Crippen molar-refractivity contribution < 1.29 is 18.0 Å². The summed E-state index contributed by atoms with van der Waals surface area (Å²) < 4.78 is 37.9. The lowest BCUT2D eigenvalue weighted by atomic mass is 10.2. The third kappa shape index (κ3) is 3.95. The zero-order valence-corrected chi connectivity index (χ0v) is 12.6. The molecule has 1 aromatic heterocycles. The van der Waals surface area contributed by atoms with Gasteiger partial charge >= 0.3 is 6.18 Å². The van der Waals surface area contributed by atoms with Gasteiger partial charge in [-0.25, -0.2) is 0 Å². The standard InChI is InChI=1S/C13H7BrClF3N2O/c14-8-2-3-9(15)11(5-8)20-12(21)10-4-1-7(6-19-10)13(16,17)18/h1-6H,(H,20,21). The van der Waals surface area contributed by atoms with Gasteiger partial charge in [-0.1, -0.05) is 27.5 Å². The molecule has 2 aromatic rings. The number of pyridine rings is 1. The molecule has 0 aliphatic heterocycles. The lowest BCUT2D eigenvalue weighted by molar-refractivity contribution is -0.137. The number of benzene rings is 1. The van der Waals surface area contributed by atoms with E-state index in [-0.39, 0.29) is 5.69 Å². The molecule has 0 saturated carbocycles. The molecule has 1 N–H and O–H groups in total. The molecular formula is C13H7BrClF3N2O. The maximum absolute atomic E-state index is 12.4. The Morgan fingerprint density at radius 1 is 1.24 bits per heavy atom. The van der Waals surface area contributed by atoms with E-state index in [2.05, 4.69) is 26.2 Å². The Bertz CT molecular complexity index is 674. The van der Waals surface area contributed by atoms with Crippen LogP contribution in [0.25, 0.3) is 0 Å². The fourth-order valence-electron chi connectivity index (χ4n) is 1.48. The quantitative estimate of drug-likeness (QED) is 0.817. The monoisotopic (exact) mass is 378 g/mol. The Balaban J connectivity index is 2.19. The van der Waals surface area contributed by atoms with E-state index < -0.39 is 17.6 Å². The van der Waals surface area contributed by atoms with E-state index in [0.29, 0.717) is 21.4 Å². The van der Waals surface area contributed by atoms with Crippen molar-refractivity contribution in [3.8, 4) is 0 Å². The lowest BCUT2D eigenvalue weighted by Gasteiger charge is -2.09. The molecule has 0 aliphatic rings. The van der Waals surface area contributed by atoms with Gasteiger partial charge in [0.2, 0.25) is 0 Å². The maximum atomic E-state index is 12.4. The van der Waals surface area contributed by atoms with Crippen molar-refractivity contribution in [2.75, 3.05) is 5.32 Å². The van der Waals surface area contributed by atoms with Crippen molar-refractivity contribution in [1.29, 1.82) is 0 Å². The average Bonchev–Trinajstić information content (AvgIpc) is 2.42. The highest BCUT2D eigenvalue weighted by molar-refractivity contribution is 9.10. The van der Waals surface area contributed by atoms with Crippen LogP contribution in [0.15, 0.2) is 41.0 Å². The number of nitrogens with zero attached hydrogens (tertiary/aromatic N) is 1. The van der Waals surface area contributed by atoms with E-state index in [1.54, 1.807) is 18.2 Å². The van der Waals surface area contributed by atoms with Crippen LogP contribution in [0.4, 0.5) is 18.9 Å². The first kappa shape index (κ1) is 15.8. The molecule has 0 aliphatic carbocycles. The van der Waals surface area contributed by atoms with Gasteiger partial charge in [-0.2, -0.15) is 13.2 Å². The van der Waals surface area contributed by atoms with E-state index in [1.807, 2.05) is 0 Å². The minimum atomic E-state index is -4.49. The fourth-order valence-corrected chi connectivity index (χ4v) is 2.00. The Morgan fingerprint density at radius 3 is 2.52 bits per heavy atom. The summed E-state index contributed by atoms with van der Waals surface area (Å²) in [5.41, 5.74) is -0.726. The molecule has 0 fully saturated rings. The number of amides is 1. The third-order valence-corrected chi connectivity index (χ3v) is 3.32. The molecule has 2 rings (SSSR count). The van der Waals surface area contributed by atoms with E-state index in [4.69, 9.17) is 11.6 Å². The van der Waals surface area contributed by atoms with Crippen LogP contribution in [-0.4, -0.2) is 10.9 Å². The summed E-state index contributed by atoms with van der Waals surface area (Å²) in [6, 6.07) is 6.63. The zero-order valence-electron chi connectivity index (χ0n) is 10.2. The zero-order chi connectivity index (χ0) is 15.6. The van der Waals surface area contributed by atoms with Gasteiger partial charge < -0.3 is 5.32 Å². The molecule has 8 heteroatoms. The number of halogens is 5. The molecule has 21 heavy (non-hydrogen) atoms. The van der Waals surface area contributed by atoms with Gasteiger partial charge in [0.1, 0.15) is 5.69 Å². The molecule has 0 unspecified atom stereocenters. The van der Waals surface area contributed by atoms with E-state index >= 15 is 0 Å². The largest absolute Gasteiger partial charge is 0.417 e. The lowest BCUT2D eigenvalue weighted by Crippen LogP contribution is -2.15. The summed E-state index contributed by atoms with van der Waals surface area (Å²) in [6.45, 7) is 0. The summed E-state index contributed by atoms with van der Waals surface area (Å²) in [6.07, 6.45) is -3.88. The van der Waals surface area contributed by atoms with Gasteiger partial charge in [0.15, 0.2) is 0 Å². The average molecular weight is 380 g/mol. The smallest absolute Gasteiger partial charge is 0.319 e. The van der Waals surface area contributed by atoms with Crippen molar-refractivity contribution in [1.82, 2.24) is 4.98 Å². The Labute approximate surface area is 131 Å². The molecule has 0 spiro atoms. The first-order valence-electron chi connectivity index (χ1n) is 5.57. The highest BCUT2D eigenvalue weighted by atomic mass is 79.9. The number of alkyl halides is 3. The van der Waals surface area contributed by atoms with Crippen molar-refractivity contribution in [3.63, 3.8) is 0 Å². The number of rotatable bonds is 2. The molecule has 0 atom stereocenters. The number of hydrogen-bond acceptors (Lipinski definition) is 2. The molecule has 0 saturated heterocycles. The summed E-state index contributed by atoms with van der Waals surface area (Å²) in [5.74, 6) is -0.649. The number of nitrogens with one attached hydrogen (secondary N) is 1. The van der Waals surface area contributed by atoms with Crippen LogP contribution in [0.3, 0.4) is 0 Å². The molecular weight excluding hydrogens is 373 g/mol. The van der Waals surface area contributed by atoms with Gasteiger partial charge in [0, 0.05) is 10.7 Å². The van der Waals surface area contributed by atoms with Gasteiger partial charge in [0.05, 0.1) is 16.3 Å². The van der Waals surface area contributed by atoms with Crippen molar-refractivity contribution >= 4 is 39.1 Å². The summed E-state index contributed by atoms with van der Waals surface area (Å²) in [7, 11) is 0. The predicted octanol–water partition coefficient (Wildman–Crippen LogP) is 4.77. The molecule has 1 amide bonds. The summed E-state index contributed by atoms with van der Waals surface area (Å²) in [4.78, 5) is 15.4. The molecule has 0 radical (unpaired) electrons. The molecule has 0 bridgehead atoms. The predicted molar refractivity (Wildman–Crippen MR) is 76.3 cm³/mol. The Morgan fingerprint density at radius 2 is 1.95 bits per heavy atom. The van der Waals surface area contributed by atoms with Gasteiger partial charge in [-0.3, -0.25) is 9.78 Å². The van der Waals surface area contributed by atoms with Crippen LogP contribution in [0.1, 0.15) is 16.1 Å². The van der Waals surface area contributed by atoms with Crippen LogP contribution in [0, 0.1) is 0 Å². The van der Waals surface area contributed by atoms with Crippen LogP contribution >= 0.6 is 27.5 Å². The second-order valence-corrected chi connectivity index (χ2v) is 5.33. The summed E-state index contributed by atoms with van der Waals surface area (Å²) in [5, 5.41) is 2.79. The molecule has 1 heterocycles. The highest BCUT2D eigenvalue weighted by Crippen LogP contribution is 2.29. The van der Waals surface area contributed by atoms with Crippen molar-refractivity contribution in [2.24, 2.45) is 0 Å². The third-order valence-electron chi connectivity index (χ3n) is 2.50. The van der Waals surface area contributed by atoms with E-state index in [9.17, 15) is 18.0 Å². The number of aromatic nitrogens is 1. The van der Waals surface area contributed by atoms with Crippen LogP contribution in [0.5, 0.6) is 0 Å².